The maximum absolute atomic E-state index is 14.8. The average molecular weight is 369 g/mol. The van der Waals surface area contributed by atoms with Gasteiger partial charge in [0.05, 0.1) is 0 Å². The third-order valence-corrected chi connectivity index (χ3v) is 6.04. The first kappa shape index (κ1) is 19.8. The van der Waals surface area contributed by atoms with Crippen molar-refractivity contribution in [3.05, 3.63) is 71.3 Å². The minimum Gasteiger partial charge on any atom is -0.207 e. The number of benzene rings is 2. The van der Waals surface area contributed by atoms with E-state index in [4.69, 9.17) is 0 Å². The van der Waals surface area contributed by atoms with Crippen LogP contribution in [-0.4, -0.2) is 0 Å². The topological polar surface area (TPSA) is 0 Å². The highest BCUT2D eigenvalue weighted by Crippen LogP contribution is 2.38. The lowest BCUT2D eigenvalue weighted by molar-refractivity contribution is 0.314. The normalized spacial score (nSPS) is 20.3. The van der Waals surface area contributed by atoms with E-state index in [1.54, 1.807) is 12.1 Å². The van der Waals surface area contributed by atoms with Gasteiger partial charge in [0.2, 0.25) is 0 Å². The monoisotopic (exact) mass is 368 g/mol. The Bertz CT molecular complexity index is 783. The van der Waals surface area contributed by atoms with E-state index in [2.05, 4.69) is 13.0 Å². The number of aryl methyl sites for hydroxylation is 1. The van der Waals surface area contributed by atoms with Gasteiger partial charge in [0.1, 0.15) is 11.6 Å². The Kier molecular flexibility index (Phi) is 6.82. The lowest BCUT2D eigenvalue weighted by atomic mass is 9.77. The van der Waals surface area contributed by atoms with Crippen LogP contribution in [0.25, 0.3) is 11.1 Å². The van der Waals surface area contributed by atoms with Crippen molar-refractivity contribution in [2.75, 3.05) is 0 Å². The van der Waals surface area contributed by atoms with E-state index in [0.29, 0.717) is 17.0 Å². The summed E-state index contributed by atoms with van der Waals surface area (Å²) >= 11 is 0. The van der Waals surface area contributed by atoms with Gasteiger partial charge in [-0.05, 0) is 86.1 Å². The Balaban J connectivity index is 1.75. The van der Waals surface area contributed by atoms with Gasteiger partial charge in [-0.2, -0.15) is 0 Å². The first-order valence-corrected chi connectivity index (χ1v) is 10.3. The second-order valence-corrected chi connectivity index (χ2v) is 7.78. The maximum atomic E-state index is 14.8. The second-order valence-electron chi connectivity index (χ2n) is 7.78. The Labute approximate surface area is 162 Å². The maximum Gasteiger partial charge on any atom is 0.131 e. The van der Waals surface area contributed by atoms with Crippen LogP contribution < -0.4 is 0 Å². The highest BCUT2D eigenvalue weighted by atomic mass is 19.1. The molecule has 2 aromatic carbocycles. The SMILES string of the molecule is C/C=C/CCc1ccc(-c2ccc(C3CCC(CC)CC3)c(F)c2)c(F)c1. The van der Waals surface area contributed by atoms with Crippen molar-refractivity contribution in [1.82, 2.24) is 0 Å². The van der Waals surface area contributed by atoms with Crippen molar-refractivity contribution in [1.29, 1.82) is 0 Å². The van der Waals surface area contributed by atoms with Crippen LogP contribution in [-0.2, 0) is 6.42 Å². The van der Waals surface area contributed by atoms with E-state index in [1.165, 1.54) is 25.3 Å². The molecule has 1 aliphatic rings. The zero-order chi connectivity index (χ0) is 19.2. The summed E-state index contributed by atoms with van der Waals surface area (Å²) in [7, 11) is 0. The number of rotatable bonds is 6. The first-order valence-electron chi connectivity index (χ1n) is 10.3. The molecule has 0 spiro atoms. The van der Waals surface area contributed by atoms with Crippen molar-refractivity contribution in [2.45, 2.75) is 64.7 Å². The van der Waals surface area contributed by atoms with E-state index >= 15 is 0 Å². The lowest BCUT2D eigenvalue weighted by Gasteiger charge is -2.28. The molecule has 0 bridgehead atoms. The van der Waals surface area contributed by atoms with Crippen LogP contribution >= 0.6 is 0 Å². The molecule has 2 heteroatoms. The van der Waals surface area contributed by atoms with E-state index in [1.807, 2.05) is 31.2 Å². The summed E-state index contributed by atoms with van der Waals surface area (Å²) in [6.07, 6.45) is 11.5. The third kappa shape index (κ3) is 4.86. The molecule has 0 N–H and O–H groups in total. The summed E-state index contributed by atoms with van der Waals surface area (Å²) in [5, 5.41) is 0. The van der Waals surface area contributed by atoms with Gasteiger partial charge in [-0.25, -0.2) is 8.78 Å². The highest BCUT2D eigenvalue weighted by Gasteiger charge is 2.23. The van der Waals surface area contributed by atoms with Crippen LogP contribution in [0.4, 0.5) is 8.78 Å². The van der Waals surface area contributed by atoms with Crippen molar-refractivity contribution >= 4 is 0 Å². The molecule has 0 amide bonds. The third-order valence-electron chi connectivity index (χ3n) is 6.04. The molecule has 2 aromatic rings. The van der Waals surface area contributed by atoms with Crippen LogP contribution in [0.1, 0.15) is 69.4 Å². The van der Waals surface area contributed by atoms with E-state index in [-0.39, 0.29) is 11.6 Å². The number of hydrogen-bond acceptors (Lipinski definition) is 0. The zero-order valence-electron chi connectivity index (χ0n) is 16.5. The minimum atomic E-state index is -0.274. The lowest BCUT2D eigenvalue weighted by Crippen LogP contribution is -2.13. The number of allylic oxidation sites excluding steroid dienone is 2. The summed E-state index contributed by atoms with van der Waals surface area (Å²) in [6, 6.07) is 10.6. The fourth-order valence-corrected chi connectivity index (χ4v) is 4.27. The van der Waals surface area contributed by atoms with E-state index < -0.39 is 0 Å². The molecule has 0 aromatic heterocycles. The molecular weight excluding hydrogens is 338 g/mol. The Morgan fingerprint density at radius 1 is 0.963 bits per heavy atom. The van der Waals surface area contributed by atoms with Crippen LogP contribution in [0, 0.1) is 17.6 Å². The fraction of sp³-hybridized carbons (Fsp3) is 0.440. The summed E-state index contributed by atoms with van der Waals surface area (Å²) in [6.45, 7) is 4.22. The average Bonchev–Trinajstić information content (AvgIpc) is 2.68. The smallest absolute Gasteiger partial charge is 0.131 e. The van der Waals surface area contributed by atoms with Gasteiger partial charge in [0.15, 0.2) is 0 Å². The van der Waals surface area contributed by atoms with Crippen LogP contribution in [0.3, 0.4) is 0 Å². The standard InChI is InChI=1S/C25H30F2/c1-3-5-6-7-19-10-14-23(24(26)16-19)21-13-15-22(25(27)17-21)20-11-8-18(4-2)9-12-20/h3,5,10,13-18,20H,4,6-9,11-12H2,1-2H3/b5-3+. The van der Waals surface area contributed by atoms with Gasteiger partial charge in [-0.15, -0.1) is 0 Å². The molecule has 144 valence electrons. The molecule has 3 rings (SSSR count). The first-order chi connectivity index (χ1) is 13.1. The van der Waals surface area contributed by atoms with Crippen molar-refractivity contribution < 1.29 is 8.78 Å². The van der Waals surface area contributed by atoms with E-state index in [9.17, 15) is 8.78 Å². The largest absolute Gasteiger partial charge is 0.207 e. The molecule has 0 heterocycles. The van der Waals surface area contributed by atoms with Crippen molar-refractivity contribution in [3.63, 3.8) is 0 Å². The molecule has 0 nitrogen and oxygen atoms in total. The Morgan fingerprint density at radius 3 is 2.37 bits per heavy atom. The summed E-state index contributed by atoms with van der Waals surface area (Å²) in [4.78, 5) is 0. The Hall–Kier alpha value is -1.96. The molecular formula is C25H30F2. The molecule has 0 saturated heterocycles. The van der Waals surface area contributed by atoms with Crippen LogP contribution in [0.5, 0.6) is 0 Å². The Morgan fingerprint density at radius 2 is 1.74 bits per heavy atom. The van der Waals surface area contributed by atoms with Gasteiger partial charge in [0, 0.05) is 5.56 Å². The fourth-order valence-electron chi connectivity index (χ4n) is 4.27. The predicted molar refractivity (Wildman–Crippen MR) is 110 cm³/mol. The molecule has 27 heavy (non-hydrogen) atoms. The molecule has 0 radical (unpaired) electrons. The van der Waals surface area contributed by atoms with Gasteiger partial charge in [0.25, 0.3) is 0 Å². The zero-order valence-corrected chi connectivity index (χ0v) is 16.5. The van der Waals surface area contributed by atoms with Gasteiger partial charge >= 0.3 is 0 Å². The molecule has 0 aliphatic heterocycles. The summed E-state index contributed by atoms with van der Waals surface area (Å²) in [5.41, 5.74) is 2.87. The molecule has 1 saturated carbocycles. The van der Waals surface area contributed by atoms with Gasteiger partial charge in [-0.3, -0.25) is 0 Å². The van der Waals surface area contributed by atoms with E-state index in [0.717, 1.165) is 42.7 Å². The van der Waals surface area contributed by atoms with Gasteiger partial charge < -0.3 is 0 Å². The molecule has 1 fully saturated rings. The number of hydrogen-bond donors (Lipinski definition) is 0. The van der Waals surface area contributed by atoms with Crippen LogP contribution in [0.2, 0.25) is 0 Å². The second kappa shape index (κ2) is 9.30. The molecule has 0 atom stereocenters. The minimum absolute atomic E-state index is 0.191. The quantitative estimate of drug-likeness (QED) is 0.456. The molecule has 1 aliphatic carbocycles. The highest BCUT2D eigenvalue weighted by molar-refractivity contribution is 5.65. The molecule has 0 unspecified atom stereocenters. The van der Waals surface area contributed by atoms with Crippen molar-refractivity contribution in [2.24, 2.45) is 5.92 Å². The van der Waals surface area contributed by atoms with Crippen LogP contribution in [0.15, 0.2) is 48.6 Å². The summed E-state index contributed by atoms with van der Waals surface area (Å²) in [5.74, 6) is 0.636. The predicted octanol–water partition coefficient (Wildman–Crippen LogP) is 7.82. The van der Waals surface area contributed by atoms with Crippen molar-refractivity contribution in [3.8, 4) is 11.1 Å². The number of halogens is 2. The van der Waals surface area contributed by atoms with Gasteiger partial charge in [-0.1, -0.05) is 49.8 Å². The summed E-state index contributed by atoms with van der Waals surface area (Å²) < 4.78 is 29.4.